The minimum atomic E-state index is -0.111. The predicted octanol–water partition coefficient (Wildman–Crippen LogP) is 2.70. The van der Waals surface area contributed by atoms with Gasteiger partial charge in [-0.05, 0) is 32.1 Å². The van der Waals surface area contributed by atoms with E-state index in [2.05, 4.69) is 25.7 Å². The van der Waals surface area contributed by atoms with Crippen molar-refractivity contribution in [2.45, 2.75) is 38.5 Å². The van der Waals surface area contributed by atoms with Gasteiger partial charge < -0.3 is 9.84 Å². The second-order valence-corrected chi connectivity index (χ2v) is 6.47. The third kappa shape index (κ3) is 3.51. The van der Waals surface area contributed by atoms with Gasteiger partial charge >= 0.3 is 0 Å². The van der Waals surface area contributed by atoms with Crippen LogP contribution in [0.5, 0.6) is 0 Å². The van der Waals surface area contributed by atoms with E-state index in [4.69, 9.17) is 4.52 Å². The van der Waals surface area contributed by atoms with Crippen LogP contribution in [0.2, 0.25) is 0 Å². The molecule has 0 fully saturated rings. The van der Waals surface area contributed by atoms with E-state index in [9.17, 15) is 4.79 Å². The van der Waals surface area contributed by atoms with Gasteiger partial charge in [0.05, 0.1) is 0 Å². The van der Waals surface area contributed by atoms with E-state index in [1.54, 1.807) is 0 Å². The number of nitrogens with zero attached hydrogens (tertiary/aromatic N) is 3. The summed E-state index contributed by atoms with van der Waals surface area (Å²) in [6, 6.07) is 9.71. The Labute approximate surface area is 151 Å². The van der Waals surface area contributed by atoms with Gasteiger partial charge in [-0.15, -0.1) is 0 Å². The van der Waals surface area contributed by atoms with Crippen molar-refractivity contribution in [3.63, 3.8) is 0 Å². The standard InChI is InChI=1S/C19H21N5O2/c25-19(17-14-9-4-5-10-15(14)22-23-17)20-12-6-11-16-21-18(24-26-16)13-7-2-1-3-8-13/h1-3,7-8H,4-6,9-12H2,(H,20,25)(H,22,23). The number of fused-ring (bicyclic) bond motifs is 1. The number of hydrogen-bond donors (Lipinski definition) is 2. The highest BCUT2D eigenvalue weighted by Gasteiger charge is 2.21. The van der Waals surface area contributed by atoms with Gasteiger partial charge in [0.25, 0.3) is 5.91 Å². The molecule has 0 spiro atoms. The van der Waals surface area contributed by atoms with Crippen LogP contribution in [0.1, 0.15) is 46.9 Å². The number of aromatic nitrogens is 4. The molecule has 0 bridgehead atoms. The molecule has 7 heteroatoms. The van der Waals surface area contributed by atoms with Crippen LogP contribution < -0.4 is 5.32 Å². The first-order valence-corrected chi connectivity index (χ1v) is 9.03. The van der Waals surface area contributed by atoms with Gasteiger partial charge in [0, 0.05) is 29.8 Å². The SMILES string of the molecule is O=C(NCCCc1nc(-c2ccccc2)no1)c1n[nH]c2c1CCCC2. The predicted molar refractivity (Wildman–Crippen MR) is 95.6 cm³/mol. The lowest BCUT2D eigenvalue weighted by Gasteiger charge is -2.10. The molecule has 0 saturated carbocycles. The van der Waals surface area contributed by atoms with Crippen molar-refractivity contribution in [3.8, 4) is 11.4 Å². The zero-order valence-corrected chi connectivity index (χ0v) is 14.5. The normalized spacial score (nSPS) is 13.4. The number of aryl methyl sites for hydroxylation is 2. The van der Waals surface area contributed by atoms with Crippen molar-refractivity contribution in [1.29, 1.82) is 0 Å². The zero-order valence-electron chi connectivity index (χ0n) is 14.5. The Bertz CT molecular complexity index is 884. The molecular formula is C19H21N5O2. The van der Waals surface area contributed by atoms with Crippen LogP contribution in [0.4, 0.5) is 0 Å². The van der Waals surface area contributed by atoms with Crippen molar-refractivity contribution in [3.05, 3.63) is 53.2 Å². The van der Waals surface area contributed by atoms with Crippen LogP contribution in [0.25, 0.3) is 11.4 Å². The number of rotatable bonds is 6. The first-order chi connectivity index (χ1) is 12.8. The summed E-state index contributed by atoms with van der Waals surface area (Å²) in [6.45, 7) is 0.545. The Morgan fingerprint density at radius 3 is 2.92 bits per heavy atom. The fourth-order valence-corrected chi connectivity index (χ4v) is 3.25. The molecule has 1 aliphatic carbocycles. The summed E-state index contributed by atoms with van der Waals surface area (Å²) in [4.78, 5) is 16.7. The Hall–Kier alpha value is -2.96. The van der Waals surface area contributed by atoms with E-state index in [1.807, 2.05) is 30.3 Å². The molecule has 1 aliphatic rings. The Morgan fingerprint density at radius 2 is 2.04 bits per heavy atom. The summed E-state index contributed by atoms with van der Waals surface area (Å²) in [6.07, 6.45) is 5.54. The van der Waals surface area contributed by atoms with Gasteiger partial charge in [-0.3, -0.25) is 9.89 Å². The first-order valence-electron chi connectivity index (χ1n) is 9.03. The first kappa shape index (κ1) is 16.5. The van der Waals surface area contributed by atoms with Crippen LogP contribution in [-0.2, 0) is 19.3 Å². The average molecular weight is 351 g/mol. The molecule has 2 heterocycles. The number of hydrogen-bond acceptors (Lipinski definition) is 5. The molecule has 3 aromatic rings. The third-order valence-corrected chi connectivity index (χ3v) is 4.62. The summed E-state index contributed by atoms with van der Waals surface area (Å²) >= 11 is 0. The fraction of sp³-hybridized carbons (Fsp3) is 0.368. The Kier molecular flexibility index (Phi) is 4.77. The maximum Gasteiger partial charge on any atom is 0.272 e. The Balaban J connectivity index is 1.27. The second kappa shape index (κ2) is 7.51. The van der Waals surface area contributed by atoms with Crippen molar-refractivity contribution >= 4 is 5.91 Å². The summed E-state index contributed by atoms with van der Waals surface area (Å²) in [5, 5.41) is 14.1. The molecule has 1 aromatic carbocycles. The van der Waals surface area contributed by atoms with Gasteiger partial charge in [0.15, 0.2) is 5.69 Å². The topological polar surface area (TPSA) is 96.7 Å². The van der Waals surface area contributed by atoms with Crippen LogP contribution in [-0.4, -0.2) is 32.8 Å². The van der Waals surface area contributed by atoms with Gasteiger partial charge in [-0.1, -0.05) is 35.5 Å². The molecule has 134 valence electrons. The van der Waals surface area contributed by atoms with E-state index in [1.165, 1.54) is 0 Å². The molecule has 2 aromatic heterocycles. The van der Waals surface area contributed by atoms with E-state index < -0.39 is 0 Å². The summed E-state index contributed by atoms with van der Waals surface area (Å²) in [5.41, 5.74) is 3.67. The quantitative estimate of drug-likeness (QED) is 0.666. The molecule has 1 amide bonds. The van der Waals surface area contributed by atoms with Gasteiger partial charge in [-0.25, -0.2) is 0 Å². The minimum Gasteiger partial charge on any atom is -0.351 e. The molecule has 26 heavy (non-hydrogen) atoms. The number of H-pyrrole nitrogens is 1. The maximum atomic E-state index is 12.3. The molecule has 7 nitrogen and oxygen atoms in total. The van der Waals surface area contributed by atoms with Crippen LogP contribution in [0, 0.1) is 0 Å². The molecule has 0 unspecified atom stereocenters. The average Bonchev–Trinajstić information content (AvgIpc) is 3.33. The minimum absolute atomic E-state index is 0.111. The highest BCUT2D eigenvalue weighted by Crippen LogP contribution is 2.22. The fourth-order valence-electron chi connectivity index (χ4n) is 3.25. The van der Waals surface area contributed by atoms with Crippen LogP contribution in [0.3, 0.4) is 0 Å². The number of carbonyl (C=O) groups is 1. The van der Waals surface area contributed by atoms with E-state index in [-0.39, 0.29) is 5.91 Å². The van der Waals surface area contributed by atoms with E-state index in [0.717, 1.165) is 48.9 Å². The molecule has 0 atom stereocenters. The summed E-state index contributed by atoms with van der Waals surface area (Å²) in [5.74, 6) is 1.06. The number of benzene rings is 1. The molecule has 0 saturated heterocycles. The van der Waals surface area contributed by atoms with Crippen molar-refractivity contribution in [2.75, 3.05) is 6.54 Å². The number of nitrogens with one attached hydrogen (secondary N) is 2. The highest BCUT2D eigenvalue weighted by molar-refractivity contribution is 5.94. The highest BCUT2D eigenvalue weighted by atomic mass is 16.5. The lowest BCUT2D eigenvalue weighted by molar-refractivity contribution is 0.0947. The largest absolute Gasteiger partial charge is 0.351 e. The summed E-state index contributed by atoms with van der Waals surface area (Å²) < 4.78 is 5.28. The van der Waals surface area contributed by atoms with Crippen LogP contribution >= 0.6 is 0 Å². The summed E-state index contributed by atoms with van der Waals surface area (Å²) in [7, 11) is 0. The zero-order chi connectivity index (χ0) is 17.8. The lowest BCUT2D eigenvalue weighted by atomic mass is 9.96. The number of carbonyl (C=O) groups excluding carboxylic acids is 1. The second-order valence-electron chi connectivity index (χ2n) is 6.47. The molecule has 0 radical (unpaired) electrons. The van der Waals surface area contributed by atoms with E-state index >= 15 is 0 Å². The van der Waals surface area contributed by atoms with Gasteiger partial charge in [0.2, 0.25) is 11.7 Å². The third-order valence-electron chi connectivity index (χ3n) is 4.62. The number of aromatic amines is 1. The number of amides is 1. The lowest BCUT2D eigenvalue weighted by Crippen LogP contribution is -2.26. The molecule has 4 rings (SSSR count). The maximum absolute atomic E-state index is 12.3. The Morgan fingerprint density at radius 1 is 1.19 bits per heavy atom. The van der Waals surface area contributed by atoms with E-state index in [0.29, 0.717) is 30.4 Å². The van der Waals surface area contributed by atoms with Crippen molar-refractivity contribution in [1.82, 2.24) is 25.7 Å². The van der Waals surface area contributed by atoms with Gasteiger partial charge in [-0.2, -0.15) is 10.1 Å². The van der Waals surface area contributed by atoms with Gasteiger partial charge in [0.1, 0.15) is 0 Å². The monoisotopic (exact) mass is 351 g/mol. The van der Waals surface area contributed by atoms with Crippen LogP contribution in [0.15, 0.2) is 34.9 Å². The molecular weight excluding hydrogens is 330 g/mol. The van der Waals surface area contributed by atoms with Crippen molar-refractivity contribution < 1.29 is 9.32 Å². The van der Waals surface area contributed by atoms with Crippen molar-refractivity contribution in [2.24, 2.45) is 0 Å². The molecule has 0 aliphatic heterocycles. The molecule has 2 N–H and O–H groups in total. The smallest absolute Gasteiger partial charge is 0.272 e.